The molecule has 0 spiro atoms. The number of carbonyl (C=O) groups is 1. The Balaban J connectivity index is 4.49. The van der Waals surface area contributed by atoms with E-state index >= 15 is 0 Å². The van der Waals surface area contributed by atoms with Crippen LogP contribution in [-0.4, -0.2) is 14.7 Å². The fraction of sp³-hybridized carbons (Fsp3) is 0.125. The van der Waals surface area contributed by atoms with Crippen molar-refractivity contribution in [2.75, 3.05) is 0 Å². The van der Waals surface area contributed by atoms with E-state index in [4.69, 9.17) is 10.3 Å². The van der Waals surface area contributed by atoms with Crippen molar-refractivity contribution in [2.45, 2.75) is 6.42 Å². The molecule has 0 saturated heterocycles. The predicted molar refractivity (Wildman–Crippen MR) is 52.0 cm³/mol. The Morgan fingerprint density at radius 1 is 1.54 bits per heavy atom. The minimum absolute atomic E-state index is 0.0746. The van der Waals surface area contributed by atoms with Crippen LogP contribution in [0.1, 0.15) is 6.42 Å². The Bertz CT molecular complexity index is 281. The monoisotopic (exact) mass is 201 g/mol. The molecule has 1 atom stereocenters. The van der Waals surface area contributed by atoms with E-state index in [1.165, 1.54) is 18.2 Å². The number of carbonyl (C=O) groups excluding carboxylic acids is 1. The Kier molecular flexibility index (Phi) is 5.75. The minimum Gasteiger partial charge on any atom is -0.369 e. The van der Waals surface area contributed by atoms with Gasteiger partial charge in [0.2, 0.25) is 5.91 Å². The fourth-order valence-electron chi connectivity index (χ4n) is 0.592. The third-order valence-electron chi connectivity index (χ3n) is 1.10. The molecule has 0 heterocycles. The molecule has 4 nitrogen and oxygen atoms in total. The van der Waals surface area contributed by atoms with Crippen molar-refractivity contribution in [3.8, 4) is 0 Å². The standard InChI is InChI=1S/C8H11NO3S/c1-2-3-4-5-7(13(11)12)6-8(9)10/h2-5H,1,6H2,(H2,9,10)(H,11,12)/b4-3-,7-5+. The van der Waals surface area contributed by atoms with Crippen LogP contribution in [0.5, 0.6) is 0 Å². The highest BCUT2D eigenvalue weighted by Gasteiger charge is 2.06. The first-order chi connectivity index (χ1) is 6.07. The molecule has 0 aromatic carbocycles. The maximum Gasteiger partial charge on any atom is 0.222 e. The van der Waals surface area contributed by atoms with E-state index in [1.807, 2.05) is 0 Å². The average Bonchev–Trinajstić information content (AvgIpc) is 2.02. The highest BCUT2D eigenvalue weighted by atomic mass is 32.2. The number of primary amides is 1. The van der Waals surface area contributed by atoms with Gasteiger partial charge in [-0.2, -0.15) is 0 Å². The van der Waals surface area contributed by atoms with E-state index in [9.17, 15) is 9.00 Å². The van der Waals surface area contributed by atoms with E-state index in [2.05, 4.69) is 6.58 Å². The first-order valence-corrected chi connectivity index (χ1v) is 4.56. The summed E-state index contributed by atoms with van der Waals surface area (Å²) in [5.41, 5.74) is 4.87. The van der Waals surface area contributed by atoms with Gasteiger partial charge < -0.3 is 10.3 Å². The van der Waals surface area contributed by atoms with Gasteiger partial charge in [0.05, 0.1) is 11.3 Å². The zero-order chi connectivity index (χ0) is 10.3. The maximum atomic E-state index is 10.6. The summed E-state index contributed by atoms with van der Waals surface area (Å²) in [6.07, 6.45) is 5.75. The maximum absolute atomic E-state index is 10.6. The average molecular weight is 201 g/mol. The topological polar surface area (TPSA) is 80.4 Å². The van der Waals surface area contributed by atoms with E-state index in [0.29, 0.717) is 0 Å². The number of hydrogen-bond donors (Lipinski definition) is 2. The van der Waals surface area contributed by atoms with Crippen LogP contribution in [0.4, 0.5) is 0 Å². The summed E-state index contributed by atoms with van der Waals surface area (Å²) >= 11 is -2.15. The second-order valence-corrected chi connectivity index (χ2v) is 3.17. The molecule has 0 aromatic heterocycles. The molecular formula is C8H11NO3S. The van der Waals surface area contributed by atoms with Crippen LogP contribution in [0.3, 0.4) is 0 Å². The number of nitrogens with two attached hydrogens (primary N) is 1. The molecule has 0 saturated carbocycles. The molecule has 0 aliphatic heterocycles. The van der Waals surface area contributed by atoms with Crippen LogP contribution in [-0.2, 0) is 15.9 Å². The summed E-state index contributed by atoms with van der Waals surface area (Å²) in [6, 6.07) is 0. The van der Waals surface area contributed by atoms with Crippen LogP contribution in [0.25, 0.3) is 0 Å². The number of allylic oxidation sites excluding steroid dienone is 4. The van der Waals surface area contributed by atoms with Gasteiger partial charge in [0, 0.05) is 0 Å². The zero-order valence-corrected chi connectivity index (χ0v) is 7.79. The number of amides is 1. The molecule has 0 rings (SSSR count). The van der Waals surface area contributed by atoms with Gasteiger partial charge in [-0.15, -0.1) is 0 Å². The highest BCUT2D eigenvalue weighted by Crippen LogP contribution is 2.04. The van der Waals surface area contributed by atoms with Crippen molar-refractivity contribution in [2.24, 2.45) is 5.73 Å². The Morgan fingerprint density at radius 2 is 2.15 bits per heavy atom. The van der Waals surface area contributed by atoms with Crippen LogP contribution < -0.4 is 5.73 Å². The molecule has 0 aromatic rings. The summed E-state index contributed by atoms with van der Waals surface area (Å²) in [4.78, 5) is 10.5. The summed E-state index contributed by atoms with van der Waals surface area (Å²) in [6.45, 7) is 3.42. The van der Waals surface area contributed by atoms with E-state index < -0.39 is 17.0 Å². The molecule has 3 N–H and O–H groups in total. The quantitative estimate of drug-likeness (QED) is 0.507. The molecule has 0 aliphatic carbocycles. The Morgan fingerprint density at radius 3 is 2.54 bits per heavy atom. The minimum atomic E-state index is -2.15. The van der Waals surface area contributed by atoms with Gasteiger partial charge in [0.1, 0.15) is 0 Å². The Hall–Kier alpha value is -1.20. The number of hydrogen-bond acceptors (Lipinski definition) is 2. The largest absolute Gasteiger partial charge is 0.369 e. The fourth-order valence-corrected chi connectivity index (χ4v) is 1.05. The first-order valence-electron chi connectivity index (χ1n) is 3.45. The number of rotatable bonds is 5. The summed E-state index contributed by atoms with van der Waals surface area (Å²) in [7, 11) is 0. The second kappa shape index (κ2) is 6.33. The third-order valence-corrected chi connectivity index (χ3v) is 1.83. The van der Waals surface area contributed by atoms with Gasteiger partial charge in [-0.1, -0.05) is 24.8 Å². The smallest absolute Gasteiger partial charge is 0.222 e. The molecule has 0 aliphatic rings. The molecule has 1 amide bonds. The summed E-state index contributed by atoms with van der Waals surface area (Å²) in [5.74, 6) is -0.638. The second-order valence-electron chi connectivity index (χ2n) is 2.15. The van der Waals surface area contributed by atoms with Gasteiger partial charge in [0.25, 0.3) is 0 Å². The van der Waals surface area contributed by atoms with E-state index in [1.54, 1.807) is 6.08 Å². The molecule has 0 bridgehead atoms. The van der Waals surface area contributed by atoms with Crippen molar-refractivity contribution in [1.82, 2.24) is 0 Å². The van der Waals surface area contributed by atoms with Crippen LogP contribution in [0, 0.1) is 0 Å². The van der Waals surface area contributed by atoms with Gasteiger partial charge in [-0.05, 0) is 6.08 Å². The lowest BCUT2D eigenvalue weighted by Gasteiger charge is -1.96. The lowest BCUT2D eigenvalue weighted by Crippen LogP contribution is -2.12. The molecule has 1 unspecified atom stereocenters. The summed E-state index contributed by atoms with van der Waals surface area (Å²) in [5, 5.41) is 0. The molecule has 72 valence electrons. The van der Waals surface area contributed by atoms with Crippen molar-refractivity contribution in [3.63, 3.8) is 0 Å². The normalized spacial score (nSPS) is 14.4. The van der Waals surface area contributed by atoms with Gasteiger partial charge >= 0.3 is 0 Å². The Labute approximate surface area is 79.1 Å². The predicted octanol–water partition coefficient (Wildman–Crippen LogP) is 0.710. The first kappa shape index (κ1) is 11.8. The lowest BCUT2D eigenvalue weighted by atomic mass is 10.3. The van der Waals surface area contributed by atoms with Crippen LogP contribution in [0.15, 0.2) is 35.8 Å². The molecule has 0 radical (unpaired) electrons. The highest BCUT2D eigenvalue weighted by molar-refractivity contribution is 7.83. The van der Waals surface area contributed by atoms with Crippen molar-refractivity contribution in [3.05, 3.63) is 35.8 Å². The zero-order valence-electron chi connectivity index (χ0n) is 6.97. The lowest BCUT2D eigenvalue weighted by molar-refractivity contribution is -0.117. The SMILES string of the molecule is C=C/C=C\C=C(/CC(N)=O)S(=O)O. The van der Waals surface area contributed by atoms with E-state index in [0.717, 1.165) is 0 Å². The van der Waals surface area contributed by atoms with Crippen molar-refractivity contribution < 1.29 is 13.6 Å². The van der Waals surface area contributed by atoms with E-state index in [-0.39, 0.29) is 11.3 Å². The molecule has 13 heavy (non-hydrogen) atoms. The van der Waals surface area contributed by atoms with Gasteiger partial charge in [0.15, 0.2) is 11.1 Å². The molecular weight excluding hydrogens is 190 g/mol. The summed E-state index contributed by atoms with van der Waals surface area (Å²) < 4.78 is 19.3. The van der Waals surface area contributed by atoms with Gasteiger partial charge in [-0.25, -0.2) is 4.21 Å². The third kappa shape index (κ3) is 6.01. The van der Waals surface area contributed by atoms with Crippen LogP contribution >= 0.6 is 0 Å². The van der Waals surface area contributed by atoms with Crippen molar-refractivity contribution in [1.29, 1.82) is 0 Å². The van der Waals surface area contributed by atoms with Crippen LogP contribution in [0.2, 0.25) is 0 Å². The van der Waals surface area contributed by atoms with Crippen molar-refractivity contribution >= 4 is 17.0 Å². The van der Waals surface area contributed by atoms with Gasteiger partial charge in [-0.3, -0.25) is 4.79 Å². The molecule has 5 heteroatoms. The molecule has 0 fully saturated rings.